The molecule has 0 aliphatic carbocycles. The molecule has 0 spiro atoms. The van der Waals surface area contributed by atoms with Crippen molar-refractivity contribution < 1.29 is 4.79 Å². The van der Waals surface area contributed by atoms with E-state index >= 15 is 0 Å². The van der Waals surface area contributed by atoms with Crippen LogP contribution < -0.4 is 5.32 Å². The largest absolute Gasteiger partial charge is 0.348 e. The van der Waals surface area contributed by atoms with E-state index in [9.17, 15) is 4.79 Å². The van der Waals surface area contributed by atoms with Crippen LogP contribution in [0.5, 0.6) is 0 Å². The highest BCUT2D eigenvalue weighted by Crippen LogP contribution is 2.29. The molecular formula is C23H26N6O. The Morgan fingerprint density at radius 2 is 1.90 bits per heavy atom. The van der Waals surface area contributed by atoms with Crippen LogP contribution in [0.3, 0.4) is 0 Å². The van der Waals surface area contributed by atoms with E-state index in [-0.39, 0.29) is 18.5 Å². The third-order valence-electron chi connectivity index (χ3n) is 5.47. The minimum absolute atomic E-state index is 0.109. The quantitative estimate of drug-likeness (QED) is 0.532. The van der Waals surface area contributed by atoms with Gasteiger partial charge in [0.2, 0.25) is 5.91 Å². The normalized spacial score (nSPS) is 12.3. The van der Waals surface area contributed by atoms with Crippen LogP contribution in [0.4, 0.5) is 0 Å². The van der Waals surface area contributed by atoms with Crippen molar-refractivity contribution in [2.75, 3.05) is 0 Å². The molecule has 0 aliphatic heterocycles. The summed E-state index contributed by atoms with van der Waals surface area (Å²) in [6, 6.07) is 12.0. The van der Waals surface area contributed by atoms with Gasteiger partial charge in [0.15, 0.2) is 5.65 Å². The number of rotatable bonds is 6. The van der Waals surface area contributed by atoms with Gasteiger partial charge >= 0.3 is 0 Å². The zero-order valence-corrected chi connectivity index (χ0v) is 17.8. The first-order valence-corrected chi connectivity index (χ1v) is 10.2. The van der Waals surface area contributed by atoms with Gasteiger partial charge in [0.1, 0.15) is 6.54 Å². The second-order valence-electron chi connectivity index (χ2n) is 7.46. The monoisotopic (exact) mass is 402 g/mol. The van der Waals surface area contributed by atoms with Gasteiger partial charge in [-0.05, 0) is 44.9 Å². The molecule has 154 valence electrons. The van der Waals surface area contributed by atoms with Gasteiger partial charge < -0.3 is 5.32 Å². The maximum atomic E-state index is 12.8. The number of nitrogens with one attached hydrogen (secondary N) is 1. The summed E-state index contributed by atoms with van der Waals surface area (Å²) in [6.07, 6.45) is 3.59. The molecule has 1 N–H and O–H groups in total. The summed E-state index contributed by atoms with van der Waals surface area (Å²) in [5.41, 5.74) is 5.84. The molecule has 0 fully saturated rings. The number of nitrogens with zero attached hydrogens (tertiary/aromatic N) is 5. The van der Waals surface area contributed by atoms with E-state index in [0.29, 0.717) is 5.65 Å². The van der Waals surface area contributed by atoms with Crippen LogP contribution in [-0.2, 0) is 17.9 Å². The summed E-state index contributed by atoms with van der Waals surface area (Å²) < 4.78 is 3.61. The van der Waals surface area contributed by atoms with E-state index in [1.54, 1.807) is 10.9 Å². The first kappa shape index (κ1) is 19.8. The van der Waals surface area contributed by atoms with Gasteiger partial charge in [-0.15, -0.1) is 0 Å². The number of aryl methyl sites for hydroxylation is 2. The van der Waals surface area contributed by atoms with Crippen LogP contribution in [-0.4, -0.2) is 30.5 Å². The summed E-state index contributed by atoms with van der Waals surface area (Å²) in [7, 11) is 0. The molecule has 30 heavy (non-hydrogen) atoms. The Bertz CT molecular complexity index is 1190. The number of carbonyl (C=O) groups excluding carboxylic acids is 1. The minimum Gasteiger partial charge on any atom is -0.348 e. The van der Waals surface area contributed by atoms with E-state index in [1.807, 2.05) is 55.9 Å². The zero-order valence-electron chi connectivity index (χ0n) is 17.8. The Hall–Kier alpha value is -3.48. The Balaban J connectivity index is 1.58. The molecule has 0 radical (unpaired) electrons. The van der Waals surface area contributed by atoms with E-state index in [2.05, 4.69) is 39.6 Å². The molecule has 4 aromatic rings. The lowest BCUT2D eigenvalue weighted by Crippen LogP contribution is -2.30. The molecule has 1 atom stereocenters. The highest BCUT2D eigenvalue weighted by atomic mass is 16.2. The average Bonchev–Trinajstić information content (AvgIpc) is 3.28. The van der Waals surface area contributed by atoms with E-state index < -0.39 is 0 Å². The van der Waals surface area contributed by atoms with Gasteiger partial charge in [0.05, 0.1) is 17.9 Å². The fourth-order valence-corrected chi connectivity index (χ4v) is 3.96. The predicted molar refractivity (Wildman–Crippen MR) is 117 cm³/mol. The first-order chi connectivity index (χ1) is 14.5. The van der Waals surface area contributed by atoms with Crippen molar-refractivity contribution in [1.82, 2.24) is 29.9 Å². The highest BCUT2D eigenvalue weighted by Gasteiger charge is 2.18. The van der Waals surface area contributed by atoms with Crippen molar-refractivity contribution in [2.45, 2.75) is 46.8 Å². The number of amides is 1. The first-order valence-electron chi connectivity index (χ1n) is 10.2. The van der Waals surface area contributed by atoms with Crippen molar-refractivity contribution in [3.63, 3.8) is 0 Å². The molecule has 7 nitrogen and oxygen atoms in total. The summed E-state index contributed by atoms with van der Waals surface area (Å²) in [5.74, 6) is -0.109. The van der Waals surface area contributed by atoms with Crippen LogP contribution in [0.1, 0.15) is 36.8 Å². The Morgan fingerprint density at radius 3 is 2.60 bits per heavy atom. The lowest BCUT2D eigenvalue weighted by Gasteiger charge is -2.14. The zero-order chi connectivity index (χ0) is 21.3. The highest BCUT2D eigenvalue weighted by molar-refractivity contribution is 5.95. The van der Waals surface area contributed by atoms with Crippen LogP contribution >= 0.6 is 0 Å². The molecule has 3 heterocycles. The lowest BCUT2D eigenvalue weighted by atomic mass is 10.0. The molecule has 0 aliphatic rings. The molecular weight excluding hydrogens is 376 g/mol. The predicted octanol–water partition coefficient (Wildman–Crippen LogP) is 3.81. The number of fused-ring (bicyclic) bond motifs is 1. The van der Waals surface area contributed by atoms with Gasteiger partial charge in [-0.25, -0.2) is 9.67 Å². The smallest absolute Gasteiger partial charge is 0.242 e. The average molecular weight is 403 g/mol. The third-order valence-corrected chi connectivity index (χ3v) is 5.47. The van der Waals surface area contributed by atoms with E-state index in [0.717, 1.165) is 40.0 Å². The minimum atomic E-state index is -0.131. The summed E-state index contributed by atoms with van der Waals surface area (Å²) in [5, 5.41) is 13.0. The molecule has 4 rings (SSSR count). The number of benzene rings is 1. The number of hydrogen-bond donors (Lipinski definition) is 1. The summed E-state index contributed by atoms with van der Waals surface area (Å²) in [6.45, 7) is 8.92. The molecule has 1 unspecified atom stereocenters. The van der Waals surface area contributed by atoms with Crippen LogP contribution in [0, 0.1) is 13.8 Å². The van der Waals surface area contributed by atoms with Gasteiger partial charge in [0.25, 0.3) is 0 Å². The van der Waals surface area contributed by atoms with Gasteiger partial charge in [0, 0.05) is 29.4 Å². The third kappa shape index (κ3) is 3.58. The van der Waals surface area contributed by atoms with Crippen LogP contribution in [0.15, 0.2) is 48.8 Å². The van der Waals surface area contributed by atoms with Gasteiger partial charge in [-0.2, -0.15) is 10.2 Å². The SMILES string of the molecule is CCn1ncc(C(C)NC(=O)Cn2nc(C)c3c(-c4ccccc4)ccnc32)c1C. The van der Waals surface area contributed by atoms with Crippen LogP contribution in [0.25, 0.3) is 22.2 Å². The van der Waals surface area contributed by atoms with Gasteiger partial charge in [-0.1, -0.05) is 30.3 Å². The van der Waals surface area contributed by atoms with Crippen molar-refractivity contribution in [3.8, 4) is 11.1 Å². The Kier molecular flexibility index (Phi) is 5.35. The van der Waals surface area contributed by atoms with Crippen molar-refractivity contribution in [3.05, 3.63) is 65.7 Å². The lowest BCUT2D eigenvalue weighted by molar-refractivity contribution is -0.122. The molecule has 1 aromatic carbocycles. The standard InChI is InChI=1S/C23H26N6O/c1-5-28-17(4)20(13-25-28)15(2)26-21(30)14-29-23-22(16(3)27-29)19(11-12-24-23)18-9-7-6-8-10-18/h6-13,15H,5,14H2,1-4H3,(H,26,30). The molecule has 0 bridgehead atoms. The Labute approximate surface area is 175 Å². The molecule has 0 saturated carbocycles. The maximum absolute atomic E-state index is 12.8. The number of carbonyl (C=O) groups is 1. The van der Waals surface area contributed by atoms with Crippen molar-refractivity contribution >= 4 is 16.9 Å². The summed E-state index contributed by atoms with van der Waals surface area (Å²) in [4.78, 5) is 17.3. The molecule has 7 heteroatoms. The number of pyridine rings is 1. The molecule has 1 amide bonds. The van der Waals surface area contributed by atoms with Crippen molar-refractivity contribution in [1.29, 1.82) is 0 Å². The van der Waals surface area contributed by atoms with E-state index in [1.165, 1.54) is 0 Å². The van der Waals surface area contributed by atoms with Crippen LogP contribution in [0.2, 0.25) is 0 Å². The van der Waals surface area contributed by atoms with E-state index in [4.69, 9.17) is 0 Å². The van der Waals surface area contributed by atoms with Gasteiger partial charge in [-0.3, -0.25) is 9.48 Å². The van der Waals surface area contributed by atoms with Crippen molar-refractivity contribution in [2.24, 2.45) is 0 Å². The maximum Gasteiger partial charge on any atom is 0.242 e. The Morgan fingerprint density at radius 1 is 1.13 bits per heavy atom. The molecule has 3 aromatic heterocycles. The fourth-order valence-electron chi connectivity index (χ4n) is 3.96. The molecule has 0 saturated heterocycles. The fraction of sp³-hybridized carbons (Fsp3) is 0.304. The second kappa shape index (κ2) is 8.10. The number of hydrogen-bond acceptors (Lipinski definition) is 4. The second-order valence-corrected chi connectivity index (χ2v) is 7.46. The number of aromatic nitrogens is 5. The topological polar surface area (TPSA) is 77.6 Å². The summed E-state index contributed by atoms with van der Waals surface area (Å²) >= 11 is 0.